The number of para-hydroxylation sites is 1. The maximum atomic E-state index is 12.8. The Bertz CT molecular complexity index is 1100. The second kappa shape index (κ2) is 8.35. The molecule has 1 aromatic heterocycles. The summed E-state index contributed by atoms with van der Waals surface area (Å²) in [4.78, 5) is 12.8. The molecule has 0 unspecified atom stereocenters. The van der Waals surface area contributed by atoms with Gasteiger partial charge in [0.15, 0.2) is 10.9 Å². The quantitative estimate of drug-likeness (QED) is 0.312. The molecule has 3 aromatic rings. The lowest BCUT2D eigenvalue weighted by Gasteiger charge is -2.54. The third kappa shape index (κ3) is 3.69. The molecule has 0 aliphatic heterocycles. The summed E-state index contributed by atoms with van der Waals surface area (Å²) in [6.45, 7) is 0. The normalized spacial score (nSPS) is 28.2. The summed E-state index contributed by atoms with van der Waals surface area (Å²) in [6.07, 6.45) is 6.82. The highest BCUT2D eigenvalue weighted by molar-refractivity contribution is 7.99. The van der Waals surface area contributed by atoms with Crippen LogP contribution in [0.5, 0.6) is 0 Å². The summed E-state index contributed by atoms with van der Waals surface area (Å²) in [5.41, 5.74) is 1.76. The summed E-state index contributed by atoms with van der Waals surface area (Å²) in [5, 5.41) is 10.8. The molecule has 4 fully saturated rings. The van der Waals surface area contributed by atoms with E-state index < -0.39 is 0 Å². The molecule has 6 heteroatoms. The highest BCUT2D eigenvalue weighted by atomic mass is 35.5. The summed E-state index contributed by atoms with van der Waals surface area (Å²) < 4.78 is 2.23. The minimum Gasteiger partial charge on any atom is -0.293 e. The third-order valence-electron chi connectivity index (χ3n) is 7.70. The lowest BCUT2D eigenvalue weighted by Crippen LogP contribution is -2.44. The molecule has 7 rings (SSSR count). The zero-order chi connectivity index (χ0) is 21.7. The van der Waals surface area contributed by atoms with Crippen LogP contribution in [0.4, 0.5) is 0 Å². The van der Waals surface area contributed by atoms with Gasteiger partial charge in [0, 0.05) is 22.2 Å². The maximum absolute atomic E-state index is 12.8. The predicted octanol–water partition coefficient (Wildman–Crippen LogP) is 6.44. The van der Waals surface area contributed by atoms with Crippen LogP contribution in [-0.2, 0) is 0 Å². The molecular weight excluding hydrogens is 438 g/mol. The average molecular weight is 464 g/mol. The van der Waals surface area contributed by atoms with E-state index in [0.717, 1.165) is 40.3 Å². The molecule has 0 N–H and O–H groups in total. The fraction of sp³-hybridized carbons (Fsp3) is 0.423. The highest BCUT2D eigenvalue weighted by Gasteiger charge is 2.50. The average Bonchev–Trinajstić information content (AvgIpc) is 3.21. The third-order valence-corrected chi connectivity index (χ3v) is 8.88. The van der Waals surface area contributed by atoms with E-state index in [4.69, 9.17) is 16.7 Å². The molecule has 2 aromatic carbocycles. The number of Topliss-reactive ketones (excluding diaryl/α,β-unsaturated/α-hetero) is 1. The monoisotopic (exact) mass is 463 g/mol. The van der Waals surface area contributed by atoms with Gasteiger partial charge in [-0.25, -0.2) is 0 Å². The molecule has 164 valence electrons. The molecule has 0 radical (unpaired) electrons. The van der Waals surface area contributed by atoms with Gasteiger partial charge in [-0.2, -0.15) is 0 Å². The van der Waals surface area contributed by atoms with Crippen LogP contribution in [-0.4, -0.2) is 26.3 Å². The first-order chi connectivity index (χ1) is 15.7. The fourth-order valence-corrected chi connectivity index (χ4v) is 7.59. The predicted molar refractivity (Wildman–Crippen MR) is 128 cm³/mol. The smallest absolute Gasteiger partial charge is 0.196 e. The molecule has 0 atom stereocenters. The van der Waals surface area contributed by atoms with E-state index in [2.05, 4.69) is 33.9 Å². The standard InChI is InChI=1S/C26H26ClN3OS/c27-21-8-6-18(7-9-21)23(31)15-32-26-29-28-25(30(26)22-4-2-1-3-5-22)24-19-11-16-10-17(13-19)14-20(24)12-16/h1-9,16-17,19-20,24H,10-15H2. The molecule has 32 heavy (non-hydrogen) atoms. The Morgan fingerprint density at radius 3 is 2.22 bits per heavy atom. The van der Waals surface area contributed by atoms with E-state index in [9.17, 15) is 4.79 Å². The Hall–Kier alpha value is -2.11. The molecule has 4 saturated carbocycles. The first kappa shape index (κ1) is 20.5. The topological polar surface area (TPSA) is 47.8 Å². The largest absolute Gasteiger partial charge is 0.293 e. The number of carbonyl (C=O) groups is 1. The molecule has 0 spiro atoms. The number of hydrogen-bond acceptors (Lipinski definition) is 4. The molecular formula is C26H26ClN3OS. The molecule has 4 bridgehead atoms. The van der Waals surface area contributed by atoms with Gasteiger partial charge in [-0.1, -0.05) is 41.6 Å². The maximum Gasteiger partial charge on any atom is 0.196 e. The van der Waals surface area contributed by atoms with Gasteiger partial charge in [-0.05, 0) is 92.2 Å². The van der Waals surface area contributed by atoms with Gasteiger partial charge in [-0.3, -0.25) is 9.36 Å². The minimum atomic E-state index is 0.0745. The molecule has 0 amide bonds. The lowest BCUT2D eigenvalue weighted by molar-refractivity contribution is -0.00632. The van der Waals surface area contributed by atoms with E-state index in [1.807, 2.05) is 6.07 Å². The number of nitrogens with zero attached hydrogens (tertiary/aromatic N) is 3. The van der Waals surface area contributed by atoms with E-state index in [1.54, 1.807) is 24.3 Å². The summed E-state index contributed by atoms with van der Waals surface area (Å²) in [7, 11) is 0. The van der Waals surface area contributed by atoms with Crippen LogP contribution in [0.15, 0.2) is 59.8 Å². The van der Waals surface area contributed by atoms with Crippen LogP contribution in [0.25, 0.3) is 5.69 Å². The summed E-state index contributed by atoms with van der Waals surface area (Å²) in [5.74, 6) is 5.29. The van der Waals surface area contributed by atoms with Crippen molar-refractivity contribution in [2.75, 3.05) is 5.75 Å². The number of aromatic nitrogens is 3. The Kier molecular flexibility index (Phi) is 5.34. The van der Waals surface area contributed by atoms with Crippen molar-refractivity contribution < 1.29 is 4.79 Å². The van der Waals surface area contributed by atoms with Gasteiger partial charge in [-0.15, -0.1) is 10.2 Å². The number of ketones is 1. The van der Waals surface area contributed by atoms with Crippen molar-refractivity contribution in [1.29, 1.82) is 0 Å². The van der Waals surface area contributed by atoms with Crippen molar-refractivity contribution in [3.8, 4) is 5.69 Å². The van der Waals surface area contributed by atoms with E-state index >= 15 is 0 Å². The molecule has 0 saturated heterocycles. The van der Waals surface area contributed by atoms with Crippen molar-refractivity contribution in [3.05, 3.63) is 71.0 Å². The molecule has 4 aliphatic carbocycles. The van der Waals surface area contributed by atoms with Gasteiger partial charge in [0.1, 0.15) is 5.82 Å². The van der Waals surface area contributed by atoms with Gasteiger partial charge in [0.05, 0.1) is 5.75 Å². The number of thioether (sulfide) groups is 1. The van der Waals surface area contributed by atoms with E-state index in [0.29, 0.717) is 22.3 Å². The van der Waals surface area contributed by atoms with Crippen LogP contribution < -0.4 is 0 Å². The molecule has 4 aliphatic rings. The SMILES string of the molecule is O=C(CSc1nnc(C2C3CC4CC(C3)CC2C4)n1-c1ccccc1)c1ccc(Cl)cc1. The lowest BCUT2D eigenvalue weighted by atomic mass is 9.51. The first-order valence-corrected chi connectivity index (χ1v) is 12.9. The van der Waals surface area contributed by atoms with Crippen molar-refractivity contribution >= 4 is 29.1 Å². The van der Waals surface area contributed by atoms with E-state index in [-0.39, 0.29) is 5.78 Å². The van der Waals surface area contributed by atoms with Crippen molar-refractivity contribution in [2.24, 2.45) is 23.7 Å². The second-order valence-electron chi connectivity index (χ2n) is 9.69. The number of carbonyl (C=O) groups excluding carboxylic acids is 1. The first-order valence-electron chi connectivity index (χ1n) is 11.6. The molecule has 4 nitrogen and oxygen atoms in total. The minimum absolute atomic E-state index is 0.0745. The number of halogens is 1. The van der Waals surface area contributed by atoms with Crippen LogP contribution in [0, 0.1) is 23.7 Å². The Morgan fingerprint density at radius 2 is 1.56 bits per heavy atom. The van der Waals surface area contributed by atoms with Crippen LogP contribution in [0.1, 0.15) is 54.2 Å². The van der Waals surface area contributed by atoms with Crippen LogP contribution >= 0.6 is 23.4 Å². The van der Waals surface area contributed by atoms with E-state index in [1.165, 1.54) is 43.9 Å². The van der Waals surface area contributed by atoms with Crippen molar-refractivity contribution in [1.82, 2.24) is 14.8 Å². The Balaban J connectivity index is 1.31. The zero-order valence-electron chi connectivity index (χ0n) is 17.9. The fourth-order valence-electron chi connectivity index (χ4n) is 6.61. The molecule has 1 heterocycles. The van der Waals surface area contributed by atoms with Gasteiger partial charge < -0.3 is 0 Å². The summed E-state index contributed by atoms with van der Waals surface area (Å²) >= 11 is 7.45. The van der Waals surface area contributed by atoms with Crippen LogP contribution in [0.3, 0.4) is 0 Å². The number of hydrogen-bond donors (Lipinski definition) is 0. The van der Waals surface area contributed by atoms with Gasteiger partial charge in [0.2, 0.25) is 0 Å². The van der Waals surface area contributed by atoms with Crippen LogP contribution in [0.2, 0.25) is 5.02 Å². The Labute approximate surface area is 197 Å². The Morgan fingerprint density at radius 1 is 0.906 bits per heavy atom. The van der Waals surface area contributed by atoms with Gasteiger partial charge >= 0.3 is 0 Å². The van der Waals surface area contributed by atoms with Gasteiger partial charge in [0.25, 0.3) is 0 Å². The van der Waals surface area contributed by atoms with Crippen molar-refractivity contribution in [3.63, 3.8) is 0 Å². The zero-order valence-corrected chi connectivity index (χ0v) is 19.4. The number of rotatable bonds is 6. The van der Waals surface area contributed by atoms with Crippen molar-refractivity contribution in [2.45, 2.75) is 43.2 Å². The number of benzene rings is 2. The highest BCUT2D eigenvalue weighted by Crippen LogP contribution is 2.59. The summed E-state index contributed by atoms with van der Waals surface area (Å²) in [6, 6.07) is 17.5. The second-order valence-corrected chi connectivity index (χ2v) is 11.1.